The molecule has 0 fully saturated rings. The van der Waals surface area contributed by atoms with Gasteiger partial charge < -0.3 is 5.11 Å². The zero-order chi connectivity index (χ0) is 17.8. The van der Waals surface area contributed by atoms with E-state index < -0.39 is 5.60 Å². The van der Waals surface area contributed by atoms with E-state index in [0.29, 0.717) is 17.6 Å². The number of allylic oxidation sites excluding steroid dienone is 1. The molecule has 0 saturated heterocycles. The molecular formula is C20H28O3. The van der Waals surface area contributed by atoms with Gasteiger partial charge in [0.25, 0.3) is 0 Å². The van der Waals surface area contributed by atoms with Crippen molar-refractivity contribution in [2.45, 2.75) is 59.5 Å². The van der Waals surface area contributed by atoms with Crippen molar-refractivity contribution >= 4 is 11.6 Å². The predicted octanol–water partition coefficient (Wildman–Crippen LogP) is 4.13. The Kier molecular flexibility index (Phi) is 6.06. The summed E-state index contributed by atoms with van der Waals surface area (Å²) < 4.78 is 0. The average molecular weight is 316 g/mol. The number of Topliss-reactive ketones (excluding diaryl/α,β-unsaturated/α-hetero) is 2. The highest BCUT2D eigenvalue weighted by atomic mass is 16.3. The third-order valence-corrected chi connectivity index (χ3v) is 3.96. The summed E-state index contributed by atoms with van der Waals surface area (Å²) in [5.74, 6) is -0.167. The number of hydrogen-bond donors (Lipinski definition) is 1. The number of ketones is 2. The minimum absolute atomic E-state index is 0.00706. The second kappa shape index (κ2) is 7.22. The number of rotatable bonds is 8. The summed E-state index contributed by atoms with van der Waals surface area (Å²) in [6, 6.07) is 7.35. The number of benzene rings is 1. The highest BCUT2D eigenvalue weighted by Crippen LogP contribution is 2.28. The molecule has 3 heteroatoms. The summed E-state index contributed by atoms with van der Waals surface area (Å²) in [5, 5.41) is 9.77. The summed E-state index contributed by atoms with van der Waals surface area (Å²) in [4.78, 5) is 23.7. The van der Waals surface area contributed by atoms with Gasteiger partial charge in [0.05, 0.1) is 0 Å². The maximum atomic E-state index is 12.0. The number of hydrogen-bond acceptors (Lipinski definition) is 3. The molecule has 3 nitrogen and oxygen atoms in total. The van der Waals surface area contributed by atoms with E-state index in [1.165, 1.54) is 13.8 Å². The molecule has 126 valence electrons. The maximum absolute atomic E-state index is 12.0. The molecule has 1 aromatic carbocycles. The Labute approximate surface area is 139 Å². The molecule has 0 aliphatic carbocycles. The van der Waals surface area contributed by atoms with Crippen LogP contribution in [0.15, 0.2) is 36.4 Å². The van der Waals surface area contributed by atoms with E-state index in [4.69, 9.17) is 0 Å². The molecule has 0 spiro atoms. The smallest absolute Gasteiger partial charge is 0.193 e. The van der Waals surface area contributed by atoms with E-state index >= 15 is 0 Å². The lowest BCUT2D eigenvalue weighted by molar-refractivity contribution is -0.116. The van der Waals surface area contributed by atoms with Crippen molar-refractivity contribution in [2.24, 2.45) is 5.41 Å². The predicted molar refractivity (Wildman–Crippen MR) is 93.6 cm³/mol. The van der Waals surface area contributed by atoms with Gasteiger partial charge in [-0.2, -0.15) is 0 Å². The average Bonchev–Trinajstić information content (AvgIpc) is 2.43. The van der Waals surface area contributed by atoms with Crippen LogP contribution >= 0.6 is 0 Å². The summed E-state index contributed by atoms with van der Waals surface area (Å²) in [6.45, 7) is 12.7. The van der Waals surface area contributed by atoms with Crippen LogP contribution in [0.2, 0.25) is 0 Å². The third kappa shape index (κ3) is 6.11. The highest BCUT2D eigenvalue weighted by Gasteiger charge is 2.25. The summed E-state index contributed by atoms with van der Waals surface area (Å²) >= 11 is 0. The Morgan fingerprint density at radius 1 is 1.09 bits per heavy atom. The minimum Gasteiger partial charge on any atom is -0.382 e. The first-order valence-electron chi connectivity index (χ1n) is 7.97. The van der Waals surface area contributed by atoms with Crippen LogP contribution in [0, 0.1) is 5.41 Å². The third-order valence-electron chi connectivity index (χ3n) is 3.96. The van der Waals surface area contributed by atoms with E-state index in [-0.39, 0.29) is 17.0 Å². The van der Waals surface area contributed by atoms with E-state index in [1.807, 2.05) is 12.1 Å². The molecule has 0 radical (unpaired) electrons. The lowest BCUT2D eigenvalue weighted by atomic mass is 9.80. The van der Waals surface area contributed by atoms with Crippen molar-refractivity contribution in [3.8, 4) is 0 Å². The Morgan fingerprint density at radius 3 is 2.04 bits per heavy atom. The fourth-order valence-corrected chi connectivity index (χ4v) is 2.43. The van der Waals surface area contributed by atoms with Gasteiger partial charge in [0, 0.05) is 12.0 Å². The second-order valence-electron chi connectivity index (χ2n) is 7.63. The zero-order valence-electron chi connectivity index (χ0n) is 14.9. The fourth-order valence-electron chi connectivity index (χ4n) is 2.43. The van der Waals surface area contributed by atoms with Crippen LogP contribution in [-0.2, 0) is 11.2 Å². The first kappa shape index (κ1) is 19.3. The number of carbonyl (C=O) groups is 2. The van der Waals surface area contributed by atoms with Gasteiger partial charge in [-0.3, -0.25) is 9.59 Å². The quantitative estimate of drug-likeness (QED) is 0.579. The van der Waals surface area contributed by atoms with Gasteiger partial charge in [-0.05, 0) is 50.2 Å². The summed E-state index contributed by atoms with van der Waals surface area (Å²) in [6.07, 6.45) is 2.13. The van der Waals surface area contributed by atoms with Crippen molar-refractivity contribution in [1.82, 2.24) is 0 Å². The topological polar surface area (TPSA) is 54.4 Å². The van der Waals surface area contributed by atoms with E-state index in [1.54, 1.807) is 19.1 Å². The van der Waals surface area contributed by atoms with Gasteiger partial charge in [0.2, 0.25) is 0 Å². The van der Waals surface area contributed by atoms with Crippen LogP contribution in [0.25, 0.3) is 0 Å². The lowest BCUT2D eigenvalue weighted by Crippen LogP contribution is -2.31. The van der Waals surface area contributed by atoms with E-state index in [9.17, 15) is 14.7 Å². The first-order chi connectivity index (χ1) is 10.4. The normalized spacial score (nSPS) is 12.1. The van der Waals surface area contributed by atoms with Crippen LogP contribution in [-0.4, -0.2) is 22.3 Å². The molecule has 0 heterocycles. The van der Waals surface area contributed by atoms with Crippen molar-refractivity contribution < 1.29 is 14.7 Å². The molecule has 0 aliphatic heterocycles. The lowest BCUT2D eigenvalue weighted by Gasteiger charge is -2.24. The van der Waals surface area contributed by atoms with Gasteiger partial charge >= 0.3 is 0 Å². The standard InChI is InChI=1S/C20H28O3/c1-14(2)17(21)11-12-19(3,4)13-15-7-9-16(10-8-15)18(22)20(5,6)23/h7-10,23H,1,11-13H2,2-6H3. The molecule has 1 aromatic rings. The first-order valence-corrected chi connectivity index (χ1v) is 7.97. The van der Waals surface area contributed by atoms with Crippen LogP contribution in [0.4, 0.5) is 0 Å². The molecule has 23 heavy (non-hydrogen) atoms. The molecule has 0 aliphatic rings. The van der Waals surface area contributed by atoms with E-state index in [0.717, 1.165) is 18.4 Å². The van der Waals surface area contributed by atoms with Gasteiger partial charge in [0.1, 0.15) is 5.60 Å². The Bertz CT molecular complexity index is 586. The molecule has 0 amide bonds. The molecule has 0 saturated carbocycles. The van der Waals surface area contributed by atoms with Crippen LogP contribution in [0.5, 0.6) is 0 Å². The van der Waals surface area contributed by atoms with Crippen LogP contribution < -0.4 is 0 Å². The monoisotopic (exact) mass is 316 g/mol. The van der Waals surface area contributed by atoms with Crippen molar-refractivity contribution in [1.29, 1.82) is 0 Å². The molecule has 0 bridgehead atoms. The molecular weight excluding hydrogens is 288 g/mol. The zero-order valence-corrected chi connectivity index (χ0v) is 14.9. The Balaban J connectivity index is 2.72. The highest BCUT2D eigenvalue weighted by molar-refractivity contribution is 6.01. The second-order valence-corrected chi connectivity index (χ2v) is 7.63. The number of carbonyl (C=O) groups excluding carboxylic acids is 2. The van der Waals surface area contributed by atoms with E-state index in [2.05, 4.69) is 20.4 Å². The van der Waals surface area contributed by atoms with Gasteiger partial charge in [0.15, 0.2) is 11.6 Å². The molecule has 0 atom stereocenters. The van der Waals surface area contributed by atoms with Gasteiger partial charge in [-0.25, -0.2) is 0 Å². The SMILES string of the molecule is C=C(C)C(=O)CCC(C)(C)Cc1ccc(C(=O)C(C)(C)O)cc1. The fraction of sp³-hybridized carbons (Fsp3) is 0.500. The largest absolute Gasteiger partial charge is 0.382 e. The summed E-state index contributed by atoms with van der Waals surface area (Å²) in [7, 11) is 0. The number of aliphatic hydroxyl groups is 1. The van der Waals surface area contributed by atoms with Gasteiger partial charge in [-0.15, -0.1) is 0 Å². The summed E-state index contributed by atoms with van der Waals surface area (Å²) in [5.41, 5.74) is 0.869. The van der Waals surface area contributed by atoms with Crippen LogP contribution in [0.1, 0.15) is 63.4 Å². The molecule has 1 N–H and O–H groups in total. The molecule has 0 aromatic heterocycles. The molecule has 1 rings (SSSR count). The van der Waals surface area contributed by atoms with Gasteiger partial charge in [-0.1, -0.05) is 44.7 Å². The van der Waals surface area contributed by atoms with Crippen molar-refractivity contribution in [3.63, 3.8) is 0 Å². The minimum atomic E-state index is -1.36. The molecule has 0 unspecified atom stereocenters. The maximum Gasteiger partial charge on any atom is 0.193 e. The Hall–Kier alpha value is -1.74. The Morgan fingerprint density at radius 2 is 1.61 bits per heavy atom. The van der Waals surface area contributed by atoms with Crippen molar-refractivity contribution in [2.75, 3.05) is 0 Å². The van der Waals surface area contributed by atoms with Crippen molar-refractivity contribution in [3.05, 3.63) is 47.5 Å². The van der Waals surface area contributed by atoms with Crippen LogP contribution in [0.3, 0.4) is 0 Å².